The van der Waals surface area contributed by atoms with Crippen molar-refractivity contribution < 1.29 is 9.18 Å². The number of nitrogens with zero attached hydrogens (tertiary/aromatic N) is 2. The van der Waals surface area contributed by atoms with Gasteiger partial charge in [-0.05, 0) is 26.0 Å². The van der Waals surface area contributed by atoms with Crippen molar-refractivity contribution in [3.63, 3.8) is 0 Å². The average molecular weight is 359 g/mol. The second-order valence-corrected chi connectivity index (χ2v) is 6.84. The number of nitrogens with two attached hydrogens (primary N) is 1. The number of hydrogen-bond donors (Lipinski definition) is 2. The van der Waals surface area contributed by atoms with Gasteiger partial charge in [-0.25, -0.2) is 4.39 Å². The van der Waals surface area contributed by atoms with Crippen LogP contribution in [0.1, 0.15) is 24.2 Å². The summed E-state index contributed by atoms with van der Waals surface area (Å²) >= 11 is 0. The normalized spacial score (nSPS) is 16.5. The summed E-state index contributed by atoms with van der Waals surface area (Å²) in [5.41, 5.74) is 5.98. The van der Waals surface area contributed by atoms with Gasteiger partial charge in [-0.1, -0.05) is 12.1 Å². The SMILES string of the molecule is CC(C)(N)CN1CCN(CCNC(=O)c2ccccc2F)CC1.Cl. The molecule has 0 bridgehead atoms. The molecule has 7 heteroatoms. The zero-order valence-electron chi connectivity index (χ0n) is 14.4. The van der Waals surface area contributed by atoms with Crippen LogP contribution in [-0.2, 0) is 0 Å². The number of rotatable bonds is 6. The smallest absolute Gasteiger partial charge is 0.254 e. The van der Waals surface area contributed by atoms with Gasteiger partial charge in [0.2, 0.25) is 0 Å². The van der Waals surface area contributed by atoms with Gasteiger partial charge in [0, 0.05) is 51.4 Å². The molecule has 1 amide bonds. The molecule has 1 aromatic carbocycles. The highest BCUT2D eigenvalue weighted by atomic mass is 35.5. The van der Waals surface area contributed by atoms with Gasteiger partial charge in [0.15, 0.2) is 0 Å². The Morgan fingerprint density at radius 3 is 2.38 bits per heavy atom. The van der Waals surface area contributed by atoms with Crippen LogP contribution < -0.4 is 11.1 Å². The van der Waals surface area contributed by atoms with E-state index in [0.29, 0.717) is 6.54 Å². The van der Waals surface area contributed by atoms with E-state index in [1.54, 1.807) is 12.1 Å². The maximum absolute atomic E-state index is 13.5. The van der Waals surface area contributed by atoms with Gasteiger partial charge in [-0.2, -0.15) is 0 Å². The first kappa shape index (κ1) is 20.8. The second-order valence-electron chi connectivity index (χ2n) is 6.84. The molecule has 1 aliphatic rings. The molecule has 136 valence electrons. The number of nitrogens with one attached hydrogen (secondary N) is 1. The molecule has 1 aliphatic heterocycles. The molecule has 1 aromatic rings. The fourth-order valence-electron chi connectivity index (χ4n) is 2.82. The van der Waals surface area contributed by atoms with Gasteiger partial charge in [-0.3, -0.25) is 14.6 Å². The molecule has 5 nitrogen and oxygen atoms in total. The fourth-order valence-corrected chi connectivity index (χ4v) is 2.82. The van der Waals surface area contributed by atoms with E-state index >= 15 is 0 Å². The number of amides is 1. The molecular formula is C17H28ClFN4O. The van der Waals surface area contributed by atoms with Crippen molar-refractivity contribution in [2.45, 2.75) is 19.4 Å². The molecule has 1 heterocycles. The van der Waals surface area contributed by atoms with Crippen LogP contribution in [0.15, 0.2) is 24.3 Å². The van der Waals surface area contributed by atoms with Crippen LogP contribution in [0, 0.1) is 5.82 Å². The Labute approximate surface area is 149 Å². The van der Waals surface area contributed by atoms with Gasteiger partial charge in [0.25, 0.3) is 5.91 Å². The van der Waals surface area contributed by atoms with E-state index in [4.69, 9.17) is 5.73 Å². The Morgan fingerprint density at radius 1 is 1.21 bits per heavy atom. The molecule has 0 saturated carbocycles. The van der Waals surface area contributed by atoms with Crippen molar-refractivity contribution in [3.05, 3.63) is 35.6 Å². The van der Waals surface area contributed by atoms with Crippen molar-refractivity contribution in [2.75, 3.05) is 45.8 Å². The highest BCUT2D eigenvalue weighted by Gasteiger charge is 2.21. The van der Waals surface area contributed by atoms with Crippen molar-refractivity contribution in [1.29, 1.82) is 0 Å². The number of hydrogen-bond acceptors (Lipinski definition) is 4. The minimum atomic E-state index is -0.483. The third-order valence-corrected chi connectivity index (χ3v) is 3.93. The standard InChI is InChI=1S/C17H27FN4O.ClH/c1-17(2,19)13-22-11-9-21(10-12-22)8-7-20-16(23)14-5-3-4-6-15(14)18;/h3-6H,7-13,19H2,1-2H3,(H,20,23);1H. The van der Waals surface area contributed by atoms with Gasteiger partial charge in [0.05, 0.1) is 5.56 Å². The first-order chi connectivity index (χ1) is 10.8. The number of benzene rings is 1. The topological polar surface area (TPSA) is 61.6 Å². The van der Waals surface area contributed by atoms with Crippen LogP contribution in [0.4, 0.5) is 4.39 Å². The van der Waals surface area contributed by atoms with Gasteiger partial charge >= 0.3 is 0 Å². The summed E-state index contributed by atoms with van der Waals surface area (Å²) in [5, 5.41) is 2.78. The molecule has 0 aliphatic carbocycles. The zero-order chi connectivity index (χ0) is 16.9. The molecule has 0 spiro atoms. The largest absolute Gasteiger partial charge is 0.351 e. The first-order valence-electron chi connectivity index (χ1n) is 8.11. The van der Waals surface area contributed by atoms with E-state index in [2.05, 4.69) is 15.1 Å². The summed E-state index contributed by atoms with van der Waals surface area (Å²) in [7, 11) is 0. The molecular weight excluding hydrogens is 331 g/mol. The molecule has 0 unspecified atom stereocenters. The average Bonchev–Trinajstić information content (AvgIpc) is 2.48. The Bertz CT molecular complexity index is 528. The Balaban J connectivity index is 0.00000288. The summed E-state index contributed by atoms with van der Waals surface area (Å²) in [4.78, 5) is 16.6. The molecule has 0 radical (unpaired) electrons. The van der Waals surface area contributed by atoms with Crippen LogP contribution in [-0.4, -0.2) is 67.1 Å². The van der Waals surface area contributed by atoms with Crippen molar-refractivity contribution in [3.8, 4) is 0 Å². The molecule has 2 rings (SSSR count). The molecule has 1 fully saturated rings. The lowest BCUT2D eigenvalue weighted by atomic mass is 10.1. The predicted octanol–water partition coefficient (Wildman–Crippen LogP) is 1.33. The number of carbonyl (C=O) groups excluding carboxylic acids is 1. The first-order valence-corrected chi connectivity index (χ1v) is 8.11. The lowest BCUT2D eigenvalue weighted by Gasteiger charge is -2.37. The summed E-state index contributed by atoms with van der Waals surface area (Å²) in [5.74, 6) is -0.838. The van der Waals surface area contributed by atoms with Crippen LogP contribution in [0.3, 0.4) is 0 Å². The quantitative estimate of drug-likeness (QED) is 0.805. The highest BCUT2D eigenvalue weighted by molar-refractivity contribution is 5.94. The Morgan fingerprint density at radius 2 is 1.79 bits per heavy atom. The summed E-state index contributed by atoms with van der Waals surface area (Å²) in [6.45, 7) is 10.2. The summed E-state index contributed by atoms with van der Waals surface area (Å²) in [6, 6.07) is 6.04. The zero-order valence-corrected chi connectivity index (χ0v) is 15.2. The third kappa shape index (κ3) is 6.73. The number of halogens is 2. The van der Waals surface area contributed by atoms with Gasteiger partial charge in [0.1, 0.15) is 5.82 Å². The number of carbonyl (C=O) groups is 1. The van der Waals surface area contributed by atoms with Crippen LogP contribution in [0.25, 0.3) is 0 Å². The lowest BCUT2D eigenvalue weighted by Crippen LogP contribution is -2.53. The molecule has 0 atom stereocenters. The number of piperazine rings is 1. The van der Waals surface area contributed by atoms with E-state index in [9.17, 15) is 9.18 Å². The summed E-state index contributed by atoms with van der Waals surface area (Å²) in [6.07, 6.45) is 0. The van der Waals surface area contributed by atoms with Crippen molar-refractivity contribution >= 4 is 18.3 Å². The van der Waals surface area contributed by atoms with Crippen molar-refractivity contribution in [2.24, 2.45) is 5.73 Å². The molecule has 1 saturated heterocycles. The molecule has 3 N–H and O–H groups in total. The minimum absolute atomic E-state index is 0. The Hall–Kier alpha value is -1.21. The van der Waals surface area contributed by atoms with E-state index in [1.165, 1.54) is 12.1 Å². The maximum Gasteiger partial charge on any atom is 0.254 e. The fraction of sp³-hybridized carbons (Fsp3) is 0.588. The molecule has 0 aromatic heterocycles. The van der Waals surface area contributed by atoms with Crippen LogP contribution in [0.5, 0.6) is 0 Å². The third-order valence-electron chi connectivity index (χ3n) is 3.93. The lowest BCUT2D eigenvalue weighted by molar-refractivity contribution is 0.0924. The van der Waals surface area contributed by atoms with E-state index in [-0.39, 0.29) is 29.4 Å². The monoisotopic (exact) mass is 358 g/mol. The second kappa shape index (κ2) is 9.32. The molecule has 24 heavy (non-hydrogen) atoms. The van der Waals surface area contributed by atoms with E-state index < -0.39 is 5.82 Å². The maximum atomic E-state index is 13.5. The van der Waals surface area contributed by atoms with Crippen molar-refractivity contribution in [1.82, 2.24) is 15.1 Å². The van der Waals surface area contributed by atoms with E-state index in [1.807, 2.05) is 13.8 Å². The Kier molecular flexibility index (Phi) is 8.09. The van der Waals surface area contributed by atoms with Gasteiger partial charge in [-0.15, -0.1) is 12.4 Å². The van der Waals surface area contributed by atoms with E-state index in [0.717, 1.165) is 39.3 Å². The van der Waals surface area contributed by atoms with Crippen LogP contribution in [0.2, 0.25) is 0 Å². The summed E-state index contributed by atoms with van der Waals surface area (Å²) < 4.78 is 13.5. The van der Waals surface area contributed by atoms with Gasteiger partial charge < -0.3 is 11.1 Å². The predicted molar refractivity (Wildman–Crippen MR) is 97.1 cm³/mol. The van der Waals surface area contributed by atoms with Crippen LogP contribution >= 0.6 is 12.4 Å². The highest BCUT2D eigenvalue weighted by Crippen LogP contribution is 2.07. The minimum Gasteiger partial charge on any atom is -0.351 e.